The molecule has 0 spiro atoms. The Kier molecular flexibility index (Phi) is 6.08. The molecule has 32 heavy (non-hydrogen) atoms. The van der Waals surface area contributed by atoms with Gasteiger partial charge in [0, 0.05) is 42.9 Å². The summed E-state index contributed by atoms with van der Waals surface area (Å²) in [6.45, 7) is 1.76. The van der Waals surface area contributed by atoms with Crippen molar-refractivity contribution in [1.82, 2.24) is 0 Å². The third kappa shape index (κ3) is 4.60. The van der Waals surface area contributed by atoms with Crippen molar-refractivity contribution in [3.05, 3.63) is 69.3 Å². The summed E-state index contributed by atoms with van der Waals surface area (Å²) in [4.78, 5) is 0. The van der Waals surface area contributed by atoms with Gasteiger partial charge in [-0.1, -0.05) is 12.1 Å². The average molecular weight is 470 g/mol. The Morgan fingerprint density at radius 1 is 1.00 bits per heavy atom. The van der Waals surface area contributed by atoms with Crippen LogP contribution in [0.25, 0.3) is 0 Å². The molecule has 0 radical (unpaired) electrons. The number of rotatable bonds is 1. The maximum atomic E-state index is 14.5. The molecule has 2 unspecified atom stereocenters. The van der Waals surface area contributed by atoms with E-state index in [4.69, 9.17) is 0 Å². The van der Waals surface area contributed by atoms with E-state index in [9.17, 15) is 44.6 Å². The van der Waals surface area contributed by atoms with Gasteiger partial charge in [0.2, 0.25) is 0 Å². The van der Waals surface area contributed by atoms with Crippen LogP contribution in [0.15, 0.2) is 24.3 Å². The predicted octanol–water partition coefficient (Wildman–Crippen LogP) is 7.08. The molecule has 1 nitrogen and oxygen atoms in total. The number of aliphatic hydroxyl groups is 1. The molecule has 0 aliphatic heterocycles. The first-order valence-corrected chi connectivity index (χ1v) is 9.65. The van der Waals surface area contributed by atoms with Gasteiger partial charge in [-0.05, 0) is 41.7 Å². The first kappa shape index (κ1) is 24.4. The van der Waals surface area contributed by atoms with Crippen molar-refractivity contribution in [2.24, 2.45) is 0 Å². The molecule has 1 N–H and O–H groups in total. The number of halogens is 9. The second-order valence-corrected chi connectivity index (χ2v) is 8.13. The Bertz CT molecular complexity index is 1020. The SMILES string of the molecule is CC(F)(F)F.Cc1ccc(C2CCC(F)(F)c3cc(F)cc(F)c32)c2c1C(O)C(F)(F)C2. The van der Waals surface area contributed by atoms with E-state index in [1.165, 1.54) is 12.1 Å². The van der Waals surface area contributed by atoms with E-state index >= 15 is 0 Å². The lowest BCUT2D eigenvalue weighted by Gasteiger charge is -2.33. The second kappa shape index (κ2) is 7.97. The third-order valence-corrected chi connectivity index (χ3v) is 5.66. The summed E-state index contributed by atoms with van der Waals surface area (Å²) in [5, 5.41) is 9.99. The van der Waals surface area contributed by atoms with Crippen LogP contribution >= 0.6 is 0 Å². The minimum absolute atomic E-state index is 0.0684. The van der Waals surface area contributed by atoms with Gasteiger partial charge in [-0.2, -0.15) is 13.2 Å². The maximum Gasteiger partial charge on any atom is 0.386 e. The first-order chi connectivity index (χ1) is 14.5. The summed E-state index contributed by atoms with van der Waals surface area (Å²) in [6.07, 6.45) is -7.55. The van der Waals surface area contributed by atoms with Crippen molar-refractivity contribution in [3.63, 3.8) is 0 Å². The van der Waals surface area contributed by atoms with Crippen molar-refractivity contribution in [3.8, 4) is 0 Å². The van der Waals surface area contributed by atoms with Crippen LogP contribution in [0.2, 0.25) is 0 Å². The molecule has 10 heteroatoms. The normalized spacial score (nSPS) is 23.1. The van der Waals surface area contributed by atoms with Gasteiger partial charge in [-0.3, -0.25) is 0 Å². The number of benzene rings is 2. The van der Waals surface area contributed by atoms with E-state index in [0.717, 1.165) is 0 Å². The van der Waals surface area contributed by atoms with E-state index in [0.29, 0.717) is 17.7 Å². The molecule has 2 aliphatic rings. The molecule has 2 aromatic rings. The lowest BCUT2D eigenvalue weighted by Crippen LogP contribution is -2.26. The van der Waals surface area contributed by atoms with Gasteiger partial charge in [0.25, 0.3) is 11.8 Å². The van der Waals surface area contributed by atoms with Crippen molar-refractivity contribution in [2.45, 2.75) is 63.2 Å². The molecule has 0 heterocycles. The second-order valence-electron chi connectivity index (χ2n) is 8.13. The Hall–Kier alpha value is -2.23. The van der Waals surface area contributed by atoms with Crippen LogP contribution in [0.3, 0.4) is 0 Å². The van der Waals surface area contributed by atoms with Gasteiger partial charge in [-0.25, -0.2) is 26.3 Å². The fraction of sp³-hybridized carbons (Fsp3) is 0.455. The summed E-state index contributed by atoms with van der Waals surface area (Å²) in [7, 11) is 0. The fourth-order valence-electron chi connectivity index (χ4n) is 4.40. The molecule has 0 bridgehead atoms. The number of hydrogen-bond donors (Lipinski definition) is 1. The van der Waals surface area contributed by atoms with Crippen molar-refractivity contribution >= 4 is 0 Å². The molecule has 0 saturated heterocycles. The molecule has 176 valence electrons. The average Bonchev–Trinajstić information content (AvgIpc) is 2.85. The monoisotopic (exact) mass is 470 g/mol. The van der Waals surface area contributed by atoms with Gasteiger partial charge in [0.05, 0.1) is 0 Å². The number of aryl methyl sites for hydroxylation is 1. The van der Waals surface area contributed by atoms with Crippen molar-refractivity contribution in [2.75, 3.05) is 0 Å². The quantitative estimate of drug-likeness (QED) is 0.442. The zero-order valence-corrected chi connectivity index (χ0v) is 16.9. The molecular weight excluding hydrogens is 451 g/mol. The first-order valence-electron chi connectivity index (χ1n) is 9.65. The minimum atomic E-state index is -4.00. The van der Waals surface area contributed by atoms with Crippen LogP contribution in [0.1, 0.15) is 65.2 Å². The zero-order chi connectivity index (χ0) is 24.2. The van der Waals surface area contributed by atoms with E-state index in [1.807, 2.05) is 0 Å². The highest BCUT2D eigenvalue weighted by Gasteiger charge is 2.50. The molecule has 2 aromatic carbocycles. The largest absolute Gasteiger partial charge is 0.386 e. The topological polar surface area (TPSA) is 20.2 Å². The fourth-order valence-corrected chi connectivity index (χ4v) is 4.40. The maximum absolute atomic E-state index is 14.5. The summed E-state index contributed by atoms with van der Waals surface area (Å²) in [5.74, 6) is -9.91. The van der Waals surface area contributed by atoms with Crippen LogP contribution in [0.4, 0.5) is 39.5 Å². The number of alkyl halides is 7. The number of aliphatic hydroxyl groups excluding tert-OH is 1. The van der Waals surface area contributed by atoms with Crippen LogP contribution in [-0.2, 0) is 12.3 Å². The van der Waals surface area contributed by atoms with Gasteiger partial charge >= 0.3 is 6.18 Å². The van der Waals surface area contributed by atoms with Gasteiger partial charge in [0.15, 0.2) is 0 Å². The molecule has 2 atom stereocenters. The van der Waals surface area contributed by atoms with Gasteiger partial charge in [0.1, 0.15) is 17.7 Å². The Balaban J connectivity index is 0.000000523. The Labute approximate surface area is 177 Å². The van der Waals surface area contributed by atoms with Gasteiger partial charge in [-0.15, -0.1) is 0 Å². The standard InChI is InChI=1S/C20H16F6O.C2H3F3/c1-9-2-3-11(13-8-20(25,26)18(27)16(9)13)12-4-5-19(23,24)14-6-10(21)7-15(22)17(12)14;1-2(3,4)5/h2-3,6-7,12,18,27H,4-5,8H2,1H3;1H3. The number of fused-ring (bicyclic) bond motifs is 2. The van der Waals surface area contributed by atoms with E-state index in [-0.39, 0.29) is 35.6 Å². The van der Waals surface area contributed by atoms with E-state index in [2.05, 4.69) is 0 Å². The van der Waals surface area contributed by atoms with Gasteiger partial charge < -0.3 is 5.11 Å². The number of hydrogen-bond acceptors (Lipinski definition) is 1. The lowest BCUT2D eigenvalue weighted by molar-refractivity contribution is -0.110. The highest BCUT2D eigenvalue weighted by molar-refractivity contribution is 5.53. The molecule has 0 fully saturated rings. The summed E-state index contributed by atoms with van der Waals surface area (Å²) in [5.41, 5.74) is -0.121. The Morgan fingerprint density at radius 2 is 1.59 bits per heavy atom. The van der Waals surface area contributed by atoms with Crippen LogP contribution in [-0.4, -0.2) is 17.2 Å². The lowest BCUT2D eigenvalue weighted by atomic mass is 9.75. The highest BCUT2D eigenvalue weighted by atomic mass is 19.4. The van der Waals surface area contributed by atoms with Crippen LogP contribution < -0.4 is 0 Å². The predicted molar refractivity (Wildman–Crippen MR) is 97.8 cm³/mol. The molecule has 0 amide bonds. The molecule has 0 aromatic heterocycles. The zero-order valence-electron chi connectivity index (χ0n) is 16.9. The summed E-state index contributed by atoms with van der Waals surface area (Å²) in [6, 6.07) is 4.18. The third-order valence-electron chi connectivity index (χ3n) is 5.66. The minimum Gasteiger partial charge on any atom is -0.382 e. The van der Waals surface area contributed by atoms with Crippen molar-refractivity contribution < 1.29 is 44.6 Å². The molecule has 4 rings (SSSR count). The van der Waals surface area contributed by atoms with Crippen LogP contribution in [0, 0.1) is 18.6 Å². The van der Waals surface area contributed by atoms with Crippen molar-refractivity contribution in [1.29, 1.82) is 0 Å². The Morgan fingerprint density at radius 3 is 2.19 bits per heavy atom. The van der Waals surface area contributed by atoms with Crippen LogP contribution in [0.5, 0.6) is 0 Å². The smallest absolute Gasteiger partial charge is 0.382 e. The van der Waals surface area contributed by atoms with E-state index < -0.39 is 60.1 Å². The summed E-state index contributed by atoms with van der Waals surface area (Å²) >= 11 is 0. The van der Waals surface area contributed by atoms with E-state index in [1.54, 1.807) is 6.92 Å². The summed E-state index contributed by atoms with van der Waals surface area (Å²) < 4.78 is 116. The molecular formula is C22H19F9O. The highest BCUT2D eigenvalue weighted by Crippen LogP contribution is 2.52. The molecule has 0 saturated carbocycles. The molecule has 2 aliphatic carbocycles.